The van der Waals surface area contributed by atoms with E-state index in [2.05, 4.69) is 19.5 Å². The van der Waals surface area contributed by atoms with Crippen molar-refractivity contribution in [3.05, 3.63) is 24.0 Å². The molecule has 0 aliphatic heterocycles. The summed E-state index contributed by atoms with van der Waals surface area (Å²) in [6.07, 6.45) is 0. The Bertz CT molecular complexity index is 628. The van der Waals surface area contributed by atoms with Crippen LogP contribution in [0.4, 0.5) is 15.2 Å². The fourth-order valence-electron chi connectivity index (χ4n) is 1.09. The molecule has 0 bridgehead atoms. The summed E-state index contributed by atoms with van der Waals surface area (Å²) in [5, 5.41) is 6.62. The van der Waals surface area contributed by atoms with Gasteiger partial charge >= 0.3 is 0 Å². The van der Waals surface area contributed by atoms with Crippen molar-refractivity contribution in [2.75, 3.05) is 10.5 Å². The second-order valence-electron chi connectivity index (χ2n) is 2.92. The average molecular weight is 275 g/mol. The van der Waals surface area contributed by atoms with Crippen LogP contribution in [0.5, 0.6) is 0 Å². The van der Waals surface area contributed by atoms with Gasteiger partial charge in [-0.2, -0.15) is 0 Å². The highest BCUT2D eigenvalue weighted by atomic mass is 32.2. The number of hydrogen-bond donors (Lipinski definition) is 2. The van der Waals surface area contributed by atoms with Crippen LogP contribution in [0, 0.1) is 5.82 Å². The molecule has 1 heterocycles. The number of nitrogen functional groups attached to an aromatic ring is 1. The number of para-hydroxylation sites is 1. The Morgan fingerprint density at radius 2 is 2.18 bits per heavy atom. The number of nitrogens with zero attached hydrogens (tertiary/aromatic N) is 3. The van der Waals surface area contributed by atoms with Gasteiger partial charge in [-0.25, -0.2) is 12.8 Å². The van der Waals surface area contributed by atoms with Crippen LogP contribution in [0.3, 0.4) is 0 Å². The topological polar surface area (TPSA) is 111 Å². The molecule has 10 heteroatoms. The molecule has 90 valence electrons. The molecule has 0 fully saturated rings. The lowest BCUT2D eigenvalue weighted by Gasteiger charge is -2.07. The third-order valence-corrected chi connectivity index (χ3v) is 3.86. The molecule has 0 spiro atoms. The molecular formula is C7H6FN5O2S2. The van der Waals surface area contributed by atoms with Gasteiger partial charge in [0.05, 0.1) is 5.69 Å². The summed E-state index contributed by atoms with van der Waals surface area (Å²) in [6, 6.07) is 3.51. The third kappa shape index (κ3) is 2.31. The quantitative estimate of drug-likeness (QED) is 0.787. The largest absolute Gasteiger partial charge is 0.395 e. The predicted octanol–water partition coefficient (Wildman–Crippen LogP) is 0.455. The SMILES string of the molecule is Nc1c(F)cccc1S(=O)(=O)Nc1nnns1. The lowest BCUT2D eigenvalue weighted by molar-refractivity contribution is 0.597. The number of aromatic nitrogens is 3. The molecule has 0 amide bonds. The number of nitrogens with two attached hydrogens (primary N) is 1. The molecule has 7 nitrogen and oxygen atoms in total. The smallest absolute Gasteiger partial charge is 0.265 e. The predicted molar refractivity (Wildman–Crippen MR) is 59.3 cm³/mol. The van der Waals surface area contributed by atoms with Gasteiger partial charge in [-0.15, -0.1) is 0 Å². The lowest BCUT2D eigenvalue weighted by atomic mass is 10.3. The minimum atomic E-state index is -3.98. The van der Waals surface area contributed by atoms with Crippen molar-refractivity contribution in [2.45, 2.75) is 4.90 Å². The van der Waals surface area contributed by atoms with E-state index >= 15 is 0 Å². The molecule has 0 saturated heterocycles. The van der Waals surface area contributed by atoms with Crippen LogP contribution in [-0.2, 0) is 10.0 Å². The first kappa shape index (κ1) is 11.7. The van der Waals surface area contributed by atoms with Crippen LogP contribution in [0.2, 0.25) is 0 Å². The monoisotopic (exact) mass is 275 g/mol. The van der Waals surface area contributed by atoms with E-state index in [-0.39, 0.29) is 10.0 Å². The molecule has 0 unspecified atom stereocenters. The summed E-state index contributed by atoms with van der Waals surface area (Å²) in [6.45, 7) is 0. The van der Waals surface area contributed by atoms with E-state index in [9.17, 15) is 12.8 Å². The zero-order chi connectivity index (χ0) is 12.5. The molecule has 3 N–H and O–H groups in total. The molecule has 1 aromatic carbocycles. The van der Waals surface area contributed by atoms with Crippen LogP contribution < -0.4 is 10.5 Å². The van der Waals surface area contributed by atoms with Gasteiger partial charge in [0.2, 0.25) is 5.13 Å². The third-order valence-electron chi connectivity index (χ3n) is 1.82. The van der Waals surface area contributed by atoms with Crippen molar-refractivity contribution in [3.63, 3.8) is 0 Å². The van der Waals surface area contributed by atoms with Gasteiger partial charge < -0.3 is 5.73 Å². The lowest BCUT2D eigenvalue weighted by Crippen LogP contribution is -2.15. The number of sulfonamides is 1. The minimum Gasteiger partial charge on any atom is -0.395 e. The highest BCUT2D eigenvalue weighted by Gasteiger charge is 2.20. The number of halogens is 1. The van der Waals surface area contributed by atoms with E-state index in [1.54, 1.807) is 0 Å². The number of anilines is 2. The van der Waals surface area contributed by atoms with Gasteiger partial charge in [-0.05, 0) is 17.3 Å². The first-order chi connectivity index (χ1) is 8.00. The van der Waals surface area contributed by atoms with E-state index in [0.717, 1.165) is 17.6 Å². The Hall–Kier alpha value is -1.81. The molecule has 0 aliphatic carbocycles. The van der Waals surface area contributed by atoms with Crippen molar-refractivity contribution >= 4 is 32.4 Å². The van der Waals surface area contributed by atoms with Crippen LogP contribution in [0.25, 0.3) is 0 Å². The number of benzene rings is 1. The van der Waals surface area contributed by atoms with Gasteiger partial charge in [-0.3, -0.25) is 4.72 Å². The fourth-order valence-corrected chi connectivity index (χ4v) is 2.82. The maximum Gasteiger partial charge on any atom is 0.265 e. The maximum absolute atomic E-state index is 13.1. The van der Waals surface area contributed by atoms with Gasteiger partial charge in [0.1, 0.15) is 10.7 Å². The highest BCUT2D eigenvalue weighted by Crippen LogP contribution is 2.23. The van der Waals surface area contributed by atoms with Gasteiger partial charge in [0, 0.05) is 11.5 Å². The van der Waals surface area contributed by atoms with Gasteiger partial charge in [0.25, 0.3) is 10.0 Å². The van der Waals surface area contributed by atoms with Crippen molar-refractivity contribution in [1.82, 2.24) is 14.8 Å². The van der Waals surface area contributed by atoms with E-state index in [1.807, 2.05) is 0 Å². The molecule has 17 heavy (non-hydrogen) atoms. The molecule has 0 saturated carbocycles. The number of hydrogen-bond acceptors (Lipinski definition) is 7. The molecule has 0 atom stereocenters. The number of nitrogens with one attached hydrogen (secondary N) is 1. The summed E-state index contributed by atoms with van der Waals surface area (Å²) < 4.78 is 42.3. The second kappa shape index (κ2) is 4.22. The van der Waals surface area contributed by atoms with E-state index in [1.165, 1.54) is 12.1 Å². The van der Waals surface area contributed by atoms with Gasteiger partial charge in [-0.1, -0.05) is 15.7 Å². The van der Waals surface area contributed by atoms with Crippen molar-refractivity contribution in [1.29, 1.82) is 0 Å². The maximum atomic E-state index is 13.1. The molecule has 2 aromatic rings. The molecule has 0 aliphatic rings. The molecular weight excluding hydrogens is 269 g/mol. The average Bonchev–Trinajstić information content (AvgIpc) is 2.73. The Labute approximate surface area is 99.7 Å². The first-order valence-corrected chi connectivity index (χ1v) is 6.48. The summed E-state index contributed by atoms with van der Waals surface area (Å²) in [5.41, 5.74) is 4.91. The van der Waals surface area contributed by atoms with E-state index in [0.29, 0.717) is 0 Å². The minimum absolute atomic E-state index is 0.0198. The second-order valence-corrected chi connectivity index (χ2v) is 5.31. The van der Waals surface area contributed by atoms with Crippen molar-refractivity contribution < 1.29 is 12.8 Å². The molecule has 2 rings (SSSR count). The Morgan fingerprint density at radius 3 is 2.82 bits per heavy atom. The Morgan fingerprint density at radius 1 is 1.41 bits per heavy atom. The van der Waals surface area contributed by atoms with Crippen molar-refractivity contribution in [2.24, 2.45) is 0 Å². The van der Waals surface area contributed by atoms with Crippen LogP contribution in [0.15, 0.2) is 23.1 Å². The Kier molecular flexibility index (Phi) is 2.90. The normalized spacial score (nSPS) is 11.4. The zero-order valence-corrected chi connectivity index (χ0v) is 9.79. The van der Waals surface area contributed by atoms with Crippen LogP contribution >= 0.6 is 11.5 Å². The molecule has 1 aromatic heterocycles. The van der Waals surface area contributed by atoms with Crippen molar-refractivity contribution in [3.8, 4) is 0 Å². The summed E-state index contributed by atoms with van der Waals surface area (Å²) in [7, 11) is -3.98. The first-order valence-electron chi connectivity index (χ1n) is 4.22. The summed E-state index contributed by atoms with van der Waals surface area (Å²) in [5.74, 6) is -0.803. The fraction of sp³-hybridized carbons (Fsp3) is 0. The molecule has 0 radical (unpaired) electrons. The van der Waals surface area contributed by atoms with E-state index < -0.39 is 21.5 Å². The summed E-state index contributed by atoms with van der Waals surface area (Å²) in [4.78, 5) is -0.354. The van der Waals surface area contributed by atoms with Gasteiger partial charge in [0.15, 0.2) is 0 Å². The Balaban J connectivity index is 2.42. The highest BCUT2D eigenvalue weighted by molar-refractivity contribution is 7.93. The summed E-state index contributed by atoms with van der Waals surface area (Å²) >= 11 is 0.757. The standard InChI is InChI=1S/C7H6FN5O2S2/c8-4-2-1-3-5(6(4)9)17(14,15)11-7-10-12-13-16-7/h1-3H,9H2,(H,10,11,13). The zero-order valence-electron chi connectivity index (χ0n) is 8.16. The van der Waals surface area contributed by atoms with E-state index in [4.69, 9.17) is 5.73 Å². The van der Waals surface area contributed by atoms with Crippen LogP contribution in [-0.4, -0.2) is 23.2 Å². The van der Waals surface area contributed by atoms with Crippen LogP contribution in [0.1, 0.15) is 0 Å². The number of rotatable bonds is 3.